The highest BCUT2D eigenvalue weighted by Crippen LogP contribution is 2.16. The van der Waals surface area contributed by atoms with Gasteiger partial charge in [0.2, 0.25) is 11.8 Å². The summed E-state index contributed by atoms with van der Waals surface area (Å²) in [6.45, 7) is 0.514. The minimum absolute atomic E-state index is 0.112. The van der Waals surface area contributed by atoms with E-state index < -0.39 is 5.91 Å². The largest absolute Gasteiger partial charge is 0.380 e. The molecule has 6 nitrogen and oxygen atoms in total. The van der Waals surface area contributed by atoms with Crippen LogP contribution in [-0.2, 0) is 14.3 Å². The Morgan fingerprint density at radius 1 is 1.30 bits per heavy atom. The molecule has 1 atom stereocenters. The average Bonchev–Trinajstić information content (AvgIpc) is 2.45. The molecule has 6 heteroatoms. The Kier molecular flexibility index (Phi) is 6.69. The molecule has 0 saturated carbocycles. The van der Waals surface area contributed by atoms with Crippen molar-refractivity contribution in [3.63, 3.8) is 0 Å². The number of primary amides is 1. The zero-order chi connectivity index (χ0) is 15.0. The molecule has 0 aromatic heterocycles. The van der Waals surface area contributed by atoms with E-state index in [1.807, 2.05) is 30.3 Å². The van der Waals surface area contributed by atoms with Gasteiger partial charge in [0.05, 0.1) is 12.5 Å². The Balaban J connectivity index is 2.81. The molecule has 0 aliphatic heterocycles. The van der Waals surface area contributed by atoms with Gasteiger partial charge in [-0.2, -0.15) is 0 Å². The number of hydrogen-bond acceptors (Lipinski definition) is 4. The van der Waals surface area contributed by atoms with Crippen molar-refractivity contribution in [2.24, 2.45) is 11.5 Å². The standard InChI is InChI=1S/C14H21N3O3/c1-20-12(10-15)9-14(19)17(8-7-13(16)18)11-5-3-2-4-6-11/h2-6,12H,7-10,15H2,1H3,(H2,16,18). The molecule has 0 bridgehead atoms. The molecular formula is C14H21N3O3. The number of methoxy groups -OCH3 is 1. The summed E-state index contributed by atoms with van der Waals surface area (Å²) >= 11 is 0. The van der Waals surface area contributed by atoms with Gasteiger partial charge >= 0.3 is 0 Å². The summed E-state index contributed by atoms with van der Waals surface area (Å²) in [7, 11) is 1.51. The van der Waals surface area contributed by atoms with E-state index in [4.69, 9.17) is 16.2 Å². The lowest BCUT2D eigenvalue weighted by Gasteiger charge is -2.24. The van der Waals surface area contributed by atoms with E-state index in [2.05, 4.69) is 0 Å². The fraction of sp³-hybridized carbons (Fsp3) is 0.429. The Hall–Kier alpha value is -1.92. The Labute approximate surface area is 118 Å². The summed E-state index contributed by atoms with van der Waals surface area (Å²) in [5.41, 5.74) is 11.4. The lowest BCUT2D eigenvalue weighted by atomic mass is 10.2. The third-order valence-electron chi connectivity index (χ3n) is 2.95. The number of rotatable bonds is 8. The lowest BCUT2D eigenvalue weighted by molar-refractivity contribution is -0.121. The van der Waals surface area contributed by atoms with Gasteiger partial charge in [-0.3, -0.25) is 9.59 Å². The molecule has 0 radical (unpaired) electrons. The predicted molar refractivity (Wildman–Crippen MR) is 77.1 cm³/mol. The molecule has 20 heavy (non-hydrogen) atoms. The molecular weight excluding hydrogens is 258 g/mol. The fourth-order valence-corrected chi connectivity index (χ4v) is 1.80. The summed E-state index contributed by atoms with van der Waals surface area (Å²) in [4.78, 5) is 24.8. The van der Waals surface area contributed by atoms with Crippen LogP contribution in [0.25, 0.3) is 0 Å². The van der Waals surface area contributed by atoms with E-state index in [1.54, 1.807) is 0 Å². The van der Waals surface area contributed by atoms with Crippen LogP contribution in [0.1, 0.15) is 12.8 Å². The summed E-state index contributed by atoms with van der Waals surface area (Å²) in [5, 5.41) is 0. The molecule has 0 saturated heterocycles. The van der Waals surface area contributed by atoms with Crippen molar-refractivity contribution in [3.05, 3.63) is 30.3 Å². The van der Waals surface area contributed by atoms with Crippen molar-refractivity contribution in [3.8, 4) is 0 Å². The highest BCUT2D eigenvalue weighted by atomic mass is 16.5. The Bertz CT molecular complexity index is 433. The van der Waals surface area contributed by atoms with E-state index in [9.17, 15) is 9.59 Å². The van der Waals surface area contributed by atoms with E-state index in [0.29, 0.717) is 0 Å². The first-order chi connectivity index (χ1) is 9.58. The van der Waals surface area contributed by atoms with Gasteiger partial charge in [0, 0.05) is 32.3 Å². The summed E-state index contributed by atoms with van der Waals surface area (Å²) in [6.07, 6.45) is -0.0519. The van der Waals surface area contributed by atoms with E-state index in [1.165, 1.54) is 12.0 Å². The number of hydrogen-bond donors (Lipinski definition) is 2. The summed E-state index contributed by atoms with van der Waals surface area (Å²) in [6, 6.07) is 9.14. The van der Waals surface area contributed by atoms with E-state index >= 15 is 0 Å². The number of ether oxygens (including phenoxy) is 1. The average molecular weight is 279 g/mol. The maximum Gasteiger partial charge on any atom is 0.229 e. The highest BCUT2D eigenvalue weighted by molar-refractivity contribution is 5.94. The van der Waals surface area contributed by atoms with Gasteiger partial charge in [-0.25, -0.2) is 0 Å². The van der Waals surface area contributed by atoms with Gasteiger partial charge in [0.1, 0.15) is 0 Å². The lowest BCUT2D eigenvalue weighted by Crippen LogP contribution is -2.38. The molecule has 0 fully saturated rings. The third-order valence-corrected chi connectivity index (χ3v) is 2.95. The van der Waals surface area contributed by atoms with E-state index in [0.717, 1.165) is 5.69 Å². The molecule has 1 aromatic carbocycles. The van der Waals surface area contributed by atoms with Crippen LogP contribution < -0.4 is 16.4 Å². The third kappa shape index (κ3) is 4.99. The van der Waals surface area contributed by atoms with Crippen LogP contribution in [0.15, 0.2) is 30.3 Å². The first kappa shape index (κ1) is 16.1. The molecule has 0 aliphatic carbocycles. The minimum atomic E-state index is -0.444. The summed E-state index contributed by atoms with van der Waals surface area (Å²) in [5.74, 6) is -0.587. The molecule has 110 valence electrons. The van der Waals surface area contributed by atoms with Crippen molar-refractivity contribution in [1.82, 2.24) is 0 Å². The van der Waals surface area contributed by atoms with Crippen molar-refractivity contribution in [1.29, 1.82) is 0 Å². The molecule has 1 rings (SSSR count). The zero-order valence-electron chi connectivity index (χ0n) is 11.6. The van der Waals surface area contributed by atoms with Crippen molar-refractivity contribution in [2.45, 2.75) is 18.9 Å². The maximum atomic E-state index is 12.3. The monoisotopic (exact) mass is 279 g/mol. The van der Waals surface area contributed by atoms with E-state index in [-0.39, 0.29) is 37.9 Å². The van der Waals surface area contributed by atoms with Gasteiger partial charge in [0.15, 0.2) is 0 Å². The topological polar surface area (TPSA) is 98.7 Å². The second-order valence-corrected chi connectivity index (χ2v) is 4.39. The molecule has 1 aromatic rings. The van der Waals surface area contributed by atoms with Crippen LogP contribution in [0.2, 0.25) is 0 Å². The van der Waals surface area contributed by atoms with Gasteiger partial charge in [-0.05, 0) is 12.1 Å². The number of anilines is 1. The quantitative estimate of drug-likeness (QED) is 0.713. The fourth-order valence-electron chi connectivity index (χ4n) is 1.80. The van der Waals surface area contributed by atoms with Crippen LogP contribution in [0, 0.1) is 0 Å². The number of carbonyl (C=O) groups excluding carboxylic acids is 2. The second-order valence-electron chi connectivity index (χ2n) is 4.39. The molecule has 2 amide bonds. The number of amides is 2. The SMILES string of the molecule is COC(CN)CC(=O)N(CCC(N)=O)c1ccccc1. The predicted octanol–water partition coefficient (Wildman–Crippen LogP) is 0.259. The maximum absolute atomic E-state index is 12.3. The van der Waals surface area contributed by atoms with Crippen molar-refractivity contribution >= 4 is 17.5 Å². The van der Waals surface area contributed by atoms with Gasteiger partial charge in [0.25, 0.3) is 0 Å². The molecule has 0 spiro atoms. The van der Waals surface area contributed by atoms with Crippen LogP contribution in [0.3, 0.4) is 0 Å². The first-order valence-electron chi connectivity index (χ1n) is 6.45. The molecule has 4 N–H and O–H groups in total. The normalized spacial score (nSPS) is 11.9. The minimum Gasteiger partial charge on any atom is -0.380 e. The molecule has 0 aliphatic rings. The number of carbonyl (C=O) groups is 2. The number of para-hydroxylation sites is 1. The highest BCUT2D eigenvalue weighted by Gasteiger charge is 2.20. The second kappa shape index (κ2) is 8.29. The summed E-state index contributed by atoms with van der Waals surface area (Å²) < 4.78 is 5.12. The van der Waals surface area contributed by atoms with Crippen molar-refractivity contribution < 1.29 is 14.3 Å². The smallest absolute Gasteiger partial charge is 0.229 e. The van der Waals surface area contributed by atoms with Crippen LogP contribution in [-0.4, -0.2) is 38.1 Å². The zero-order valence-corrected chi connectivity index (χ0v) is 11.6. The van der Waals surface area contributed by atoms with Gasteiger partial charge in [-0.1, -0.05) is 18.2 Å². The number of benzene rings is 1. The van der Waals surface area contributed by atoms with Gasteiger partial charge in [-0.15, -0.1) is 0 Å². The van der Waals surface area contributed by atoms with Crippen LogP contribution in [0.4, 0.5) is 5.69 Å². The number of nitrogens with two attached hydrogens (primary N) is 2. The van der Waals surface area contributed by atoms with Crippen LogP contribution in [0.5, 0.6) is 0 Å². The Morgan fingerprint density at radius 2 is 1.95 bits per heavy atom. The Morgan fingerprint density at radius 3 is 2.45 bits per heavy atom. The molecule has 0 heterocycles. The van der Waals surface area contributed by atoms with Crippen LogP contribution >= 0.6 is 0 Å². The van der Waals surface area contributed by atoms with Gasteiger partial charge < -0.3 is 21.1 Å². The molecule has 1 unspecified atom stereocenters. The first-order valence-corrected chi connectivity index (χ1v) is 6.45. The van der Waals surface area contributed by atoms with Crippen molar-refractivity contribution in [2.75, 3.05) is 25.1 Å². The number of nitrogens with zero attached hydrogens (tertiary/aromatic N) is 1.